The topological polar surface area (TPSA) is 54.5 Å². The minimum Gasteiger partial charge on any atom is -0.433 e. The number of rotatable bonds is 7. The molecule has 1 atom stereocenters. The number of halogens is 2. The van der Waals surface area contributed by atoms with Crippen molar-refractivity contribution in [3.8, 4) is 5.75 Å². The summed E-state index contributed by atoms with van der Waals surface area (Å²) in [6, 6.07) is 12.9. The number of amides is 1. The number of ether oxygens (including phenoxy) is 1. The summed E-state index contributed by atoms with van der Waals surface area (Å²) in [6.45, 7) is -0.957. The van der Waals surface area contributed by atoms with E-state index in [0.717, 1.165) is 5.56 Å². The molecule has 7 heteroatoms. The number of anilines is 1. The summed E-state index contributed by atoms with van der Waals surface area (Å²) in [5.74, 6) is 0.917. The Kier molecular flexibility index (Phi) is 5.42. The lowest BCUT2D eigenvalue weighted by Gasteiger charge is -2.17. The lowest BCUT2D eigenvalue weighted by Crippen LogP contribution is -2.25. The van der Waals surface area contributed by atoms with Gasteiger partial charge in [-0.3, -0.25) is 4.79 Å². The third-order valence-electron chi connectivity index (χ3n) is 4.04. The summed E-state index contributed by atoms with van der Waals surface area (Å²) in [5, 5.41) is 3.14. The SMILES string of the molecule is O=C1C[C@@H](CNc2ccc(OC(F)F)cn2)CN1Cc1ccccc1. The van der Waals surface area contributed by atoms with Gasteiger partial charge in [-0.25, -0.2) is 4.98 Å². The van der Waals surface area contributed by atoms with Crippen LogP contribution in [0.1, 0.15) is 12.0 Å². The first-order valence-corrected chi connectivity index (χ1v) is 8.06. The van der Waals surface area contributed by atoms with Gasteiger partial charge in [0.15, 0.2) is 0 Å². The molecular weight excluding hydrogens is 328 g/mol. The second kappa shape index (κ2) is 7.92. The minimum absolute atomic E-state index is 0.0191. The Morgan fingerprint density at radius 2 is 2.04 bits per heavy atom. The number of hydrogen-bond donors (Lipinski definition) is 1. The molecule has 1 aromatic carbocycles. The van der Waals surface area contributed by atoms with E-state index in [4.69, 9.17) is 0 Å². The van der Waals surface area contributed by atoms with Crippen molar-refractivity contribution >= 4 is 11.7 Å². The predicted molar refractivity (Wildman–Crippen MR) is 89.3 cm³/mol. The van der Waals surface area contributed by atoms with E-state index in [1.165, 1.54) is 12.3 Å². The molecule has 0 radical (unpaired) electrons. The number of aromatic nitrogens is 1. The van der Waals surface area contributed by atoms with Gasteiger partial charge in [-0.15, -0.1) is 0 Å². The summed E-state index contributed by atoms with van der Waals surface area (Å²) in [5.41, 5.74) is 1.11. The monoisotopic (exact) mass is 347 g/mol. The van der Waals surface area contributed by atoms with Gasteiger partial charge < -0.3 is 15.0 Å². The zero-order valence-corrected chi connectivity index (χ0v) is 13.6. The van der Waals surface area contributed by atoms with E-state index in [0.29, 0.717) is 31.9 Å². The van der Waals surface area contributed by atoms with Crippen LogP contribution in [0.5, 0.6) is 5.75 Å². The Labute approximate surface area is 144 Å². The van der Waals surface area contributed by atoms with Gasteiger partial charge >= 0.3 is 6.61 Å². The number of alkyl halides is 2. The van der Waals surface area contributed by atoms with Crippen molar-refractivity contribution in [2.24, 2.45) is 5.92 Å². The molecular formula is C18H19F2N3O2. The van der Waals surface area contributed by atoms with E-state index >= 15 is 0 Å². The van der Waals surface area contributed by atoms with E-state index in [1.807, 2.05) is 35.2 Å². The van der Waals surface area contributed by atoms with Crippen LogP contribution in [-0.2, 0) is 11.3 Å². The van der Waals surface area contributed by atoms with Gasteiger partial charge in [-0.05, 0) is 17.7 Å². The van der Waals surface area contributed by atoms with Crippen LogP contribution in [0.3, 0.4) is 0 Å². The number of carbonyl (C=O) groups excluding carboxylic acids is 1. The Hall–Kier alpha value is -2.70. The van der Waals surface area contributed by atoms with Crippen LogP contribution in [0.15, 0.2) is 48.7 Å². The molecule has 132 valence electrons. The van der Waals surface area contributed by atoms with E-state index in [9.17, 15) is 13.6 Å². The van der Waals surface area contributed by atoms with Gasteiger partial charge in [0, 0.05) is 32.0 Å². The van der Waals surface area contributed by atoms with Gasteiger partial charge in [0.1, 0.15) is 11.6 Å². The summed E-state index contributed by atoms with van der Waals surface area (Å²) < 4.78 is 28.5. The fourth-order valence-corrected chi connectivity index (χ4v) is 2.85. The number of nitrogens with one attached hydrogen (secondary N) is 1. The number of pyridine rings is 1. The fraction of sp³-hybridized carbons (Fsp3) is 0.333. The number of benzene rings is 1. The second-order valence-electron chi connectivity index (χ2n) is 5.97. The predicted octanol–water partition coefficient (Wildman–Crippen LogP) is 3.14. The lowest BCUT2D eigenvalue weighted by atomic mass is 10.1. The maximum absolute atomic E-state index is 12.1. The highest BCUT2D eigenvalue weighted by molar-refractivity contribution is 5.78. The number of carbonyl (C=O) groups is 1. The molecule has 1 aliphatic rings. The Morgan fingerprint density at radius 1 is 1.24 bits per heavy atom. The van der Waals surface area contributed by atoms with Gasteiger partial charge in [0.2, 0.25) is 5.91 Å². The number of likely N-dealkylation sites (tertiary alicyclic amines) is 1. The molecule has 0 saturated carbocycles. The second-order valence-corrected chi connectivity index (χ2v) is 5.97. The Balaban J connectivity index is 1.48. The van der Waals surface area contributed by atoms with Crippen molar-refractivity contribution in [2.75, 3.05) is 18.4 Å². The van der Waals surface area contributed by atoms with E-state index in [-0.39, 0.29) is 17.6 Å². The van der Waals surface area contributed by atoms with Crippen molar-refractivity contribution in [1.82, 2.24) is 9.88 Å². The molecule has 1 amide bonds. The summed E-state index contributed by atoms with van der Waals surface area (Å²) in [7, 11) is 0. The third kappa shape index (κ3) is 4.89. The minimum atomic E-state index is -2.86. The standard InChI is InChI=1S/C18H19F2N3O2/c19-18(20)25-15-6-7-16(22-10-15)21-9-14-8-17(24)23(12-14)11-13-4-2-1-3-5-13/h1-7,10,14,18H,8-9,11-12H2,(H,21,22)/t14-/m0/s1. The first-order chi connectivity index (χ1) is 12.1. The molecule has 1 aliphatic heterocycles. The average Bonchev–Trinajstić information content (AvgIpc) is 2.94. The molecule has 0 bridgehead atoms. The van der Waals surface area contributed by atoms with Crippen LogP contribution in [0, 0.1) is 5.92 Å². The first kappa shape index (κ1) is 17.1. The molecule has 0 aliphatic carbocycles. The van der Waals surface area contributed by atoms with Crippen molar-refractivity contribution in [3.05, 3.63) is 54.2 Å². The first-order valence-electron chi connectivity index (χ1n) is 8.06. The Morgan fingerprint density at radius 3 is 2.72 bits per heavy atom. The molecule has 2 heterocycles. The van der Waals surface area contributed by atoms with Crippen molar-refractivity contribution in [1.29, 1.82) is 0 Å². The molecule has 0 unspecified atom stereocenters. The van der Waals surface area contributed by atoms with Crippen LogP contribution in [0.4, 0.5) is 14.6 Å². The third-order valence-corrected chi connectivity index (χ3v) is 4.04. The maximum atomic E-state index is 12.1. The normalized spacial score (nSPS) is 17.2. The molecule has 5 nitrogen and oxygen atoms in total. The fourth-order valence-electron chi connectivity index (χ4n) is 2.85. The summed E-state index contributed by atoms with van der Waals surface area (Å²) in [6.07, 6.45) is 1.74. The Bertz CT molecular complexity index is 695. The quantitative estimate of drug-likeness (QED) is 0.836. The molecule has 2 aromatic rings. The summed E-state index contributed by atoms with van der Waals surface area (Å²) >= 11 is 0. The summed E-state index contributed by atoms with van der Waals surface area (Å²) in [4.78, 5) is 18.0. The van der Waals surface area contributed by atoms with Crippen LogP contribution in [0.25, 0.3) is 0 Å². The van der Waals surface area contributed by atoms with Crippen molar-refractivity contribution < 1.29 is 18.3 Å². The number of nitrogens with zero attached hydrogens (tertiary/aromatic N) is 2. The lowest BCUT2D eigenvalue weighted by molar-refractivity contribution is -0.128. The van der Waals surface area contributed by atoms with Crippen molar-refractivity contribution in [2.45, 2.75) is 19.6 Å². The van der Waals surface area contributed by atoms with E-state index in [2.05, 4.69) is 15.0 Å². The zero-order chi connectivity index (χ0) is 17.6. The average molecular weight is 347 g/mol. The molecule has 0 spiro atoms. The number of hydrogen-bond acceptors (Lipinski definition) is 4. The highest BCUT2D eigenvalue weighted by Crippen LogP contribution is 2.21. The molecule has 1 saturated heterocycles. The highest BCUT2D eigenvalue weighted by Gasteiger charge is 2.29. The van der Waals surface area contributed by atoms with Gasteiger partial charge in [-0.1, -0.05) is 30.3 Å². The van der Waals surface area contributed by atoms with Gasteiger partial charge in [0.25, 0.3) is 0 Å². The maximum Gasteiger partial charge on any atom is 0.387 e. The molecule has 1 N–H and O–H groups in total. The molecule has 1 fully saturated rings. The van der Waals surface area contributed by atoms with Gasteiger partial charge in [-0.2, -0.15) is 8.78 Å². The van der Waals surface area contributed by atoms with Gasteiger partial charge in [0.05, 0.1) is 6.20 Å². The van der Waals surface area contributed by atoms with Crippen LogP contribution in [-0.4, -0.2) is 35.5 Å². The zero-order valence-electron chi connectivity index (χ0n) is 13.6. The van der Waals surface area contributed by atoms with Crippen LogP contribution < -0.4 is 10.1 Å². The smallest absolute Gasteiger partial charge is 0.387 e. The molecule has 3 rings (SSSR count). The van der Waals surface area contributed by atoms with E-state index in [1.54, 1.807) is 6.07 Å². The highest BCUT2D eigenvalue weighted by atomic mass is 19.3. The van der Waals surface area contributed by atoms with Crippen LogP contribution in [0.2, 0.25) is 0 Å². The molecule has 25 heavy (non-hydrogen) atoms. The van der Waals surface area contributed by atoms with Crippen LogP contribution >= 0.6 is 0 Å². The largest absolute Gasteiger partial charge is 0.433 e. The van der Waals surface area contributed by atoms with Crippen molar-refractivity contribution in [3.63, 3.8) is 0 Å². The van der Waals surface area contributed by atoms with E-state index < -0.39 is 6.61 Å². The molecule has 1 aromatic heterocycles.